The summed E-state index contributed by atoms with van der Waals surface area (Å²) in [5.74, 6) is -0.927. The third-order valence-corrected chi connectivity index (χ3v) is 7.07. The minimum absolute atomic E-state index is 0.273. The minimum atomic E-state index is -0.927. The largest absolute Gasteiger partial charge is 0.478 e. The Morgan fingerprint density at radius 1 is 0.594 bits per heavy atom. The van der Waals surface area contributed by atoms with Crippen molar-refractivity contribution in [2.45, 2.75) is 0 Å². The van der Waals surface area contributed by atoms with Crippen molar-refractivity contribution in [3.63, 3.8) is 0 Å². The van der Waals surface area contributed by atoms with Crippen LogP contribution in [-0.4, -0.2) is 11.1 Å². The molecule has 0 radical (unpaired) electrons. The molecule has 0 amide bonds. The van der Waals surface area contributed by atoms with Gasteiger partial charge in [-0.25, -0.2) is 4.79 Å². The van der Waals surface area contributed by atoms with Gasteiger partial charge in [-0.2, -0.15) is 0 Å². The third-order valence-electron chi connectivity index (χ3n) is 5.23. The maximum Gasteiger partial charge on any atom is 0.335 e. The molecular weight excluding hydrogens is 434 g/mol. The van der Waals surface area contributed by atoms with E-state index >= 15 is 0 Å². The molecule has 3 aromatic carbocycles. The average Bonchev–Trinajstić information content (AvgIpc) is 3.55. The normalized spacial score (nSPS) is 10.8. The lowest BCUT2D eigenvalue weighted by Gasteiger charge is -2.26. The van der Waals surface area contributed by atoms with Crippen LogP contribution in [-0.2, 0) is 0 Å². The summed E-state index contributed by atoms with van der Waals surface area (Å²) in [6.07, 6.45) is 0. The van der Waals surface area contributed by atoms with E-state index in [1.165, 1.54) is 20.9 Å². The van der Waals surface area contributed by atoms with E-state index in [2.05, 4.69) is 88.5 Å². The van der Waals surface area contributed by atoms with Crippen LogP contribution >= 0.6 is 22.7 Å². The summed E-state index contributed by atoms with van der Waals surface area (Å²) in [6, 6.07) is 32.2. The molecular formula is C27H19NO2S2. The smallest absolute Gasteiger partial charge is 0.335 e. The Morgan fingerprint density at radius 3 is 1.34 bits per heavy atom. The van der Waals surface area contributed by atoms with Crippen molar-refractivity contribution in [1.29, 1.82) is 0 Å². The van der Waals surface area contributed by atoms with Crippen LogP contribution in [0.5, 0.6) is 0 Å². The molecule has 0 aliphatic carbocycles. The van der Waals surface area contributed by atoms with Gasteiger partial charge in [0.2, 0.25) is 0 Å². The van der Waals surface area contributed by atoms with Crippen LogP contribution in [0, 0.1) is 0 Å². The van der Waals surface area contributed by atoms with Crippen molar-refractivity contribution in [3.05, 3.63) is 113 Å². The van der Waals surface area contributed by atoms with Crippen molar-refractivity contribution in [1.82, 2.24) is 0 Å². The van der Waals surface area contributed by atoms with Gasteiger partial charge in [-0.3, -0.25) is 0 Å². The first-order chi connectivity index (χ1) is 15.7. The van der Waals surface area contributed by atoms with Gasteiger partial charge in [0.25, 0.3) is 0 Å². The Balaban J connectivity index is 1.55. The highest BCUT2D eigenvalue weighted by atomic mass is 32.1. The van der Waals surface area contributed by atoms with Crippen molar-refractivity contribution in [2.24, 2.45) is 0 Å². The molecule has 0 aliphatic rings. The number of carbonyl (C=O) groups is 1. The van der Waals surface area contributed by atoms with Gasteiger partial charge < -0.3 is 10.0 Å². The number of rotatable bonds is 6. The van der Waals surface area contributed by atoms with Crippen molar-refractivity contribution in [2.75, 3.05) is 4.90 Å². The van der Waals surface area contributed by atoms with Crippen LogP contribution in [0.1, 0.15) is 10.4 Å². The minimum Gasteiger partial charge on any atom is -0.478 e. The van der Waals surface area contributed by atoms with E-state index in [-0.39, 0.29) is 5.56 Å². The first kappa shape index (κ1) is 20.2. The van der Waals surface area contributed by atoms with Gasteiger partial charge in [0, 0.05) is 26.8 Å². The van der Waals surface area contributed by atoms with Crippen molar-refractivity contribution < 1.29 is 9.90 Å². The first-order valence-corrected chi connectivity index (χ1v) is 11.9. The standard InChI is InChI=1S/C27H19NO2S2/c29-27(30)21-9-15-24(16-10-21)28(22-11-5-19(6-12-22)25-3-1-17-31-25)23-13-7-20(8-14-23)26-4-2-18-32-26/h1-18H,(H,29,30). The fourth-order valence-electron chi connectivity index (χ4n) is 3.64. The number of hydrogen-bond acceptors (Lipinski definition) is 4. The number of benzene rings is 3. The second-order valence-electron chi connectivity index (χ2n) is 7.24. The van der Waals surface area contributed by atoms with Gasteiger partial charge in [-0.1, -0.05) is 36.4 Å². The molecule has 0 atom stereocenters. The summed E-state index contributed by atoms with van der Waals surface area (Å²) in [4.78, 5) is 15.9. The molecule has 5 rings (SSSR count). The van der Waals surface area contributed by atoms with Gasteiger partial charge in [-0.15, -0.1) is 22.7 Å². The summed E-state index contributed by atoms with van der Waals surface area (Å²) in [5, 5.41) is 13.4. The van der Waals surface area contributed by atoms with E-state index in [9.17, 15) is 9.90 Å². The number of carboxylic acids is 1. The van der Waals surface area contributed by atoms with Crippen LogP contribution in [0.25, 0.3) is 20.9 Å². The van der Waals surface area contributed by atoms with E-state index in [4.69, 9.17) is 0 Å². The number of aromatic carboxylic acids is 1. The van der Waals surface area contributed by atoms with Crippen LogP contribution in [0.4, 0.5) is 17.1 Å². The van der Waals surface area contributed by atoms with Crippen LogP contribution in [0.15, 0.2) is 108 Å². The summed E-state index contributed by atoms with van der Waals surface area (Å²) >= 11 is 3.44. The molecule has 0 unspecified atom stereocenters. The average molecular weight is 454 g/mol. The summed E-state index contributed by atoms with van der Waals surface area (Å²) < 4.78 is 0. The van der Waals surface area contributed by atoms with Gasteiger partial charge in [0.1, 0.15) is 0 Å². The van der Waals surface area contributed by atoms with E-state index in [0.717, 1.165) is 17.1 Å². The second-order valence-corrected chi connectivity index (χ2v) is 9.13. The predicted octanol–water partition coefficient (Wildman–Crippen LogP) is 8.31. The highest BCUT2D eigenvalue weighted by Crippen LogP contribution is 2.37. The number of carboxylic acid groups (broad SMARTS) is 1. The van der Waals surface area contributed by atoms with E-state index in [0.29, 0.717) is 0 Å². The molecule has 0 saturated carbocycles. The molecule has 156 valence electrons. The zero-order valence-corrected chi connectivity index (χ0v) is 18.6. The monoisotopic (exact) mass is 453 g/mol. The lowest BCUT2D eigenvalue weighted by molar-refractivity contribution is 0.0697. The van der Waals surface area contributed by atoms with Crippen molar-refractivity contribution >= 4 is 45.7 Å². The van der Waals surface area contributed by atoms with Crippen LogP contribution < -0.4 is 4.90 Å². The number of anilines is 3. The molecule has 0 saturated heterocycles. The Morgan fingerprint density at radius 2 is 1.00 bits per heavy atom. The van der Waals surface area contributed by atoms with Gasteiger partial charge >= 0.3 is 5.97 Å². The van der Waals surface area contributed by atoms with E-state index in [1.807, 2.05) is 12.1 Å². The zero-order chi connectivity index (χ0) is 21.9. The quantitative estimate of drug-likeness (QED) is 0.281. The Bertz CT molecular complexity index is 1230. The fourth-order valence-corrected chi connectivity index (χ4v) is 5.10. The second kappa shape index (κ2) is 8.83. The zero-order valence-electron chi connectivity index (χ0n) is 17.0. The molecule has 5 heteroatoms. The van der Waals surface area contributed by atoms with Crippen LogP contribution in [0.2, 0.25) is 0 Å². The predicted molar refractivity (Wildman–Crippen MR) is 135 cm³/mol. The molecule has 5 aromatic rings. The van der Waals surface area contributed by atoms with E-state index in [1.54, 1.807) is 34.8 Å². The molecule has 0 fully saturated rings. The highest BCUT2D eigenvalue weighted by molar-refractivity contribution is 7.13. The maximum atomic E-state index is 11.3. The SMILES string of the molecule is O=C(O)c1ccc(N(c2ccc(-c3cccs3)cc2)c2ccc(-c3cccs3)cc2)cc1. The number of thiophene rings is 2. The molecule has 0 spiro atoms. The summed E-state index contributed by atoms with van der Waals surface area (Å²) in [7, 11) is 0. The van der Waals surface area contributed by atoms with Crippen LogP contribution in [0.3, 0.4) is 0 Å². The number of nitrogens with zero attached hydrogens (tertiary/aromatic N) is 1. The molecule has 3 nitrogen and oxygen atoms in total. The molecule has 0 aliphatic heterocycles. The molecule has 2 aromatic heterocycles. The molecule has 0 bridgehead atoms. The van der Waals surface area contributed by atoms with Gasteiger partial charge in [-0.05, 0) is 82.6 Å². The third kappa shape index (κ3) is 4.08. The van der Waals surface area contributed by atoms with Gasteiger partial charge in [0.05, 0.1) is 5.56 Å². The maximum absolute atomic E-state index is 11.3. The fraction of sp³-hybridized carbons (Fsp3) is 0. The lowest BCUT2D eigenvalue weighted by Crippen LogP contribution is -2.10. The Kier molecular flexibility index (Phi) is 5.58. The molecule has 2 heterocycles. The number of hydrogen-bond donors (Lipinski definition) is 1. The Labute approximate surface area is 194 Å². The Hall–Kier alpha value is -3.67. The highest BCUT2D eigenvalue weighted by Gasteiger charge is 2.14. The molecule has 1 N–H and O–H groups in total. The van der Waals surface area contributed by atoms with E-state index < -0.39 is 5.97 Å². The van der Waals surface area contributed by atoms with Gasteiger partial charge in [0.15, 0.2) is 0 Å². The van der Waals surface area contributed by atoms with Crippen molar-refractivity contribution in [3.8, 4) is 20.9 Å². The summed E-state index contributed by atoms with van der Waals surface area (Å²) in [6.45, 7) is 0. The molecule has 32 heavy (non-hydrogen) atoms. The topological polar surface area (TPSA) is 40.5 Å². The summed E-state index contributed by atoms with van der Waals surface area (Å²) in [5.41, 5.74) is 5.56. The lowest BCUT2D eigenvalue weighted by atomic mass is 10.1. The first-order valence-electron chi connectivity index (χ1n) is 10.1.